The highest BCUT2D eigenvalue weighted by molar-refractivity contribution is 5.13. The molecule has 3 heteroatoms. The molecule has 0 aliphatic carbocycles. The molecule has 0 saturated carbocycles. The molecule has 0 N–H and O–H groups in total. The second kappa shape index (κ2) is 9.03. The van der Waals surface area contributed by atoms with E-state index >= 15 is 0 Å². The molecule has 0 bridgehead atoms. The van der Waals surface area contributed by atoms with Gasteiger partial charge in [0, 0.05) is 12.8 Å². The summed E-state index contributed by atoms with van der Waals surface area (Å²) in [6.07, 6.45) is 3.19. The van der Waals surface area contributed by atoms with Gasteiger partial charge in [-0.15, -0.1) is 12.5 Å². The lowest BCUT2D eigenvalue weighted by Crippen LogP contribution is -2.37. The molecule has 130 valence electrons. The Labute approximate surface area is 146 Å². The van der Waals surface area contributed by atoms with E-state index in [2.05, 4.69) is 37.5 Å². The van der Waals surface area contributed by atoms with Crippen molar-refractivity contribution in [3.8, 4) is 11.8 Å². The van der Waals surface area contributed by atoms with Crippen molar-refractivity contribution >= 4 is 0 Å². The van der Waals surface area contributed by atoms with Crippen LogP contribution in [0.25, 0.3) is 0 Å². The van der Waals surface area contributed by atoms with Gasteiger partial charge in [0.25, 0.3) is 0 Å². The fraction of sp³-hybridized carbons (Fsp3) is 0.524. The highest BCUT2D eigenvalue weighted by Crippen LogP contribution is 2.29. The average molecular weight is 328 g/mol. The zero-order valence-corrected chi connectivity index (χ0v) is 15.0. The minimum absolute atomic E-state index is 0.0509. The molecule has 1 aliphatic heterocycles. The first-order valence-electron chi connectivity index (χ1n) is 8.56. The van der Waals surface area contributed by atoms with Crippen molar-refractivity contribution in [3.63, 3.8) is 0 Å². The van der Waals surface area contributed by atoms with Crippen LogP contribution in [0, 0.1) is 17.8 Å². The summed E-state index contributed by atoms with van der Waals surface area (Å²) in [7, 11) is 0. The zero-order chi connectivity index (χ0) is 17.4. The molecule has 0 radical (unpaired) electrons. The van der Waals surface area contributed by atoms with Crippen molar-refractivity contribution in [2.24, 2.45) is 5.92 Å². The predicted octanol–water partition coefficient (Wildman–Crippen LogP) is 4.33. The molecule has 24 heavy (non-hydrogen) atoms. The minimum atomic E-state index is -0.548. The summed E-state index contributed by atoms with van der Waals surface area (Å²) in [5.41, 5.74) is 1.16. The highest BCUT2D eigenvalue weighted by atomic mass is 16.7. The molecule has 0 amide bonds. The van der Waals surface area contributed by atoms with Gasteiger partial charge in [-0.25, -0.2) is 0 Å². The SMILES string of the molecule is C=CCC#CC[C@@H](C)[C@H](OCc1ccccc1)[C@H]1COC(C)(C)O1. The van der Waals surface area contributed by atoms with Gasteiger partial charge in [0.05, 0.1) is 19.3 Å². The van der Waals surface area contributed by atoms with E-state index in [-0.39, 0.29) is 18.1 Å². The van der Waals surface area contributed by atoms with Gasteiger partial charge >= 0.3 is 0 Å². The Morgan fingerprint density at radius 1 is 1.33 bits per heavy atom. The first-order chi connectivity index (χ1) is 11.5. The van der Waals surface area contributed by atoms with Crippen LogP contribution in [0.1, 0.15) is 39.2 Å². The predicted molar refractivity (Wildman–Crippen MR) is 96.3 cm³/mol. The van der Waals surface area contributed by atoms with Gasteiger partial charge < -0.3 is 14.2 Å². The number of hydrogen-bond donors (Lipinski definition) is 0. The van der Waals surface area contributed by atoms with Crippen molar-refractivity contribution < 1.29 is 14.2 Å². The molecule has 1 aromatic rings. The first-order valence-corrected chi connectivity index (χ1v) is 8.56. The number of rotatable bonds is 7. The van der Waals surface area contributed by atoms with Crippen LogP contribution in [-0.4, -0.2) is 24.6 Å². The van der Waals surface area contributed by atoms with E-state index in [1.165, 1.54) is 0 Å². The molecule has 3 nitrogen and oxygen atoms in total. The van der Waals surface area contributed by atoms with E-state index in [4.69, 9.17) is 14.2 Å². The van der Waals surface area contributed by atoms with Crippen LogP contribution < -0.4 is 0 Å². The van der Waals surface area contributed by atoms with Crippen molar-refractivity contribution in [3.05, 3.63) is 48.6 Å². The maximum absolute atomic E-state index is 6.23. The lowest BCUT2D eigenvalue weighted by atomic mass is 9.96. The van der Waals surface area contributed by atoms with Crippen molar-refractivity contribution in [1.29, 1.82) is 0 Å². The molecule has 1 aliphatic rings. The van der Waals surface area contributed by atoms with Crippen LogP contribution in [-0.2, 0) is 20.8 Å². The summed E-state index contributed by atoms with van der Waals surface area (Å²) in [6.45, 7) is 10.8. The molecule has 1 saturated heterocycles. The third-order valence-corrected chi connectivity index (χ3v) is 4.04. The Morgan fingerprint density at radius 3 is 2.71 bits per heavy atom. The second-order valence-electron chi connectivity index (χ2n) is 6.66. The molecule has 1 fully saturated rings. The molecular formula is C21H28O3. The molecule has 2 rings (SSSR count). The summed E-state index contributed by atoms with van der Waals surface area (Å²) >= 11 is 0. The summed E-state index contributed by atoms with van der Waals surface area (Å²) in [5.74, 6) is 6.03. The molecule has 0 aromatic heterocycles. The van der Waals surface area contributed by atoms with Crippen LogP contribution in [0.15, 0.2) is 43.0 Å². The summed E-state index contributed by atoms with van der Waals surface area (Å²) in [4.78, 5) is 0. The maximum atomic E-state index is 6.23. The van der Waals surface area contributed by atoms with Crippen molar-refractivity contribution in [2.75, 3.05) is 6.61 Å². The molecular weight excluding hydrogens is 300 g/mol. The lowest BCUT2D eigenvalue weighted by molar-refractivity contribution is -0.163. The second-order valence-corrected chi connectivity index (χ2v) is 6.66. The van der Waals surface area contributed by atoms with Gasteiger partial charge in [-0.2, -0.15) is 0 Å². The normalized spacial score (nSPS) is 21.5. The summed E-state index contributed by atoms with van der Waals surface area (Å²) in [6, 6.07) is 10.2. The van der Waals surface area contributed by atoms with Crippen LogP contribution in [0.5, 0.6) is 0 Å². The van der Waals surface area contributed by atoms with Crippen LogP contribution in [0.3, 0.4) is 0 Å². The third-order valence-electron chi connectivity index (χ3n) is 4.04. The zero-order valence-electron chi connectivity index (χ0n) is 15.0. The molecule has 3 atom stereocenters. The Hall–Kier alpha value is -1.60. The van der Waals surface area contributed by atoms with Gasteiger partial charge in [-0.05, 0) is 25.3 Å². The van der Waals surface area contributed by atoms with Gasteiger partial charge in [-0.3, -0.25) is 0 Å². The van der Waals surface area contributed by atoms with Gasteiger partial charge in [0.2, 0.25) is 0 Å². The average Bonchev–Trinajstić information content (AvgIpc) is 2.92. The number of allylic oxidation sites excluding steroid dienone is 1. The van der Waals surface area contributed by atoms with E-state index in [9.17, 15) is 0 Å². The Kier molecular flexibility index (Phi) is 7.05. The van der Waals surface area contributed by atoms with Gasteiger partial charge in [0.15, 0.2) is 5.79 Å². The van der Waals surface area contributed by atoms with E-state index in [1.54, 1.807) is 0 Å². The highest BCUT2D eigenvalue weighted by Gasteiger charge is 2.39. The van der Waals surface area contributed by atoms with Gasteiger partial charge in [-0.1, -0.05) is 49.3 Å². The Bertz CT molecular complexity index is 568. The number of benzene rings is 1. The third kappa shape index (κ3) is 5.79. The number of hydrogen-bond acceptors (Lipinski definition) is 3. The first kappa shape index (κ1) is 18.7. The van der Waals surface area contributed by atoms with Crippen LogP contribution in [0.4, 0.5) is 0 Å². The van der Waals surface area contributed by atoms with Crippen LogP contribution in [0.2, 0.25) is 0 Å². The minimum Gasteiger partial charge on any atom is -0.370 e. The quantitative estimate of drug-likeness (QED) is 0.551. The standard InChI is InChI=1S/C21H28O3/c1-5-6-7-9-12-17(2)20(19-16-23-21(3,4)24-19)22-15-18-13-10-8-11-14-18/h5,8,10-11,13-14,17,19-20H,1,6,12,15-16H2,2-4H3/t17-,19-,20+/m1/s1. The van der Waals surface area contributed by atoms with E-state index in [0.29, 0.717) is 13.2 Å². The van der Waals surface area contributed by atoms with Crippen LogP contribution >= 0.6 is 0 Å². The van der Waals surface area contributed by atoms with E-state index in [0.717, 1.165) is 18.4 Å². The Balaban J connectivity index is 2.00. The van der Waals surface area contributed by atoms with E-state index in [1.807, 2.05) is 38.1 Å². The fourth-order valence-electron chi connectivity index (χ4n) is 2.78. The topological polar surface area (TPSA) is 27.7 Å². The molecule has 0 unspecified atom stereocenters. The number of ether oxygens (including phenoxy) is 3. The Morgan fingerprint density at radius 2 is 2.08 bits per heavy atom. The molecule has 1 aromatic carbocycles. The van der Waals surface area contributed by atoms with E-state index < -0.39 is 5.79 Å². The largest absolute Gasteiger partial charge is 0.370 e. The molecule has 1 heterocycles. The van der Waals surface area contributed by atoms with Crippen molar-refractivity contribution in [2.45, 2.75) is 58.2 Å². The fourth-order valence-corrected chi connectivity index (χ4v) is 2.78. The molecule has 0 spiro atoms. The maximum Gasteiger partial charge on any atom is 0.163 e. The monoisotopic (exact) mass is 328 g/mol. The smallest absolute Gasteiger partial charge is 0.163 e. The van der Waals surface area contributed by atoms with Gasteiger partial charge in [0.1, 0.15) is 6.10 Å². The lowest BCUT2D eigenvalue weighted by Gasteiger charge is -2.28. The summed E-state index contributed by atoms with van der Waals surface area (Å²) < 4.78 is 18.0. The van der Waals surface area contributed by atoms with Crippen molar-refractivity contribution in [1.82, 2.24) is 0 Å². The summed E-state index contributed by atoms with van der Waals surface area (Å²) in [5, 5.41) is 0.